The number of aliphatic hydroxyl groups is 1. The monoisotopic (exact) mass is 864 g/mol. The first-order chi connectivity index (χ1) is 30.0. The van der Waals surface area contributed by atoms with Gasteiger partial charge >= 0.3 is 12.3 Å². The van der Waals surface area contributed by atoms with Crippen molar-refractivity contribution in [2.45, 2.75) is 77.9 Å². The van der Waals surface area contributed by atoms with Crippen LogP contribution < -0.4 is 20.9 Å². The van der Waals surface area contributed by atoms with Gasteiger partial charge in [-0.05, 0) is 120 Å². The summed E-state index contributed by atoms with van der Waals surface area (Å²) >= 11 is 0. The minimum Gasteiger partial charge on any atom is -0.508 e. The summed E-state index contributed by atoms with van der Waals surface area (Å²) < 4.78 is 47.9. The van der Waals surface area contributed by atoms with Crippen molar-refractivity contribution in [3.8, 4) is 28.5 Å². The number of pyridine rings is 1. The van der Waals surface area contributed by atoms with Crippen molar-refractivity contribution in [2.24, 2.45) is 0 Å². The molecule has 16 nitrogen and oxygen atoms in total. The number of carbonyl (C=O) groups is 1. The largest absolute Gasteiger partial charge is 0.508 e. The second-order valence-electron chi connectivity index (χ2n) is 16.1. The average Bonchev–Trinajstić information content (AvgIpc) is 3.23. The van der Waals surface area contributed by atoms with Gasteiger partial charge in [-0.3, -0.25) is 9.88 Å². The number of aromatic hydroxyl groups is 1. The standard InChI is InChI=1S/C44H47F3N12O4/c1-26(2)49-38-54-37(29-21-27(25-60)22-34(61)23-29)55-41(57-38)59(33-15-18-48-35(24-33)44(45,46)47)32-13-11-28(12-14-32)36-52-39(50-30-9-7-6-8-10-30)56-40(53-36)51-31-16-19-58(20-17-31)42(62)63-43(3,4)5/h6-15,18,21-24,26,31,60-61H,16-17,19-20,25H2,1-5H3,(H,49,54,55,57)(H2,50,51,52,53,56). The van der Waals surface area contributed by atoms with Crippen LogP contribution in [0.4, 0.5) is 58.8 Å². The zero-order valence-electron chi connectivity index (χ0n) is 35.2. The third kappa shape index (κ3) is 11.4. The summed E-state index contributed by atoms with van der Waals surface area (Å²) in [4.78, 5) is 47.4. The van der Waals surface area contributed by atoms with E-state index >= 15 is 0 Å². The second kappa shape index (κ2) is 18.4. The van der Waals surface area contributed by atoms with Crippen molar-refractivity contribution in [3.63, 3.8) is 0 Å². The Balaban J connectivity index is 1.26. The van der Waals surface area contributed by atoms with Crippen LogP contribution in [0, 0.1) is 0 Å². The molecule has 6 aromatic rings. The van der Waals surface area contributed by atoms with E-state index in [4.69, 9.17) is 19.7 Å². The molecule has 4 heterocycles. The molecule has 3 aromatic carbocycles. The number of carbonyl (C=O) groups excluding carboxylic acids is 1. The highest BCUT2D eigenvalue weighted by molar-refractivity contribution is 5.76. The molecular formula is C44H47F3N12O4. The molecule has 3 aromatic heterocycles. The third-order valence-electron chi connectivity index (χ3n) is 9.48. The highest BCUT2D eigenvalue weighted by Crippen LogP contribution is 2.38. The zero-order chi connectivity index (χ0) is 44.9. The fourth-order valence-electron chi connectivity index (χ4n) is 6.66. The molecule has 1 fully saturated rings. The Hall–Kier alpha value is -7.15. The van der Waals surface area contributed by atoms with Crippen LogP contribution in [0.15, 0.2) is 91.1 Å². The number of anilines is 7. The van der Waals surface area contributed by atoms with E-state index < -0.39 is 17.5 Å². The number of phenolic OH excluding ortho intramolecular Hbond substituents is 1. The Labute approximate surface area is 361 Å². The van der Waals surface area contributed by atoms with Crippen molar-refractivity contribution in [1.29, 1.82) is 0 Å². The van der Waals surface area contributed by atoms with Crippen LogP contribution in [0.5, 0.6) is 5.75 Å². The van der Waals surface area contributed by atoms with Gasteiger partial charge in [-0.2, -0.15) is 43.1 Å². The number of ether oxygens (including phenoxy) is 1. The van der Waals surface area contributed by atoms with Crippen LogP contribution in [0.3, 0.4) is 0 Å². The number of hydrogen-bond acceptors (Lipinski definition) is 15. The first-order valence-corrected chi connectivity index (χ1v) is 20.2. The number of alkyl halides is 3. The summed E-state index contributed by atoms with van der Waals surface area (Å²) in [6.45, 7) is 9.82. The summed E-state index contributed by atoms with van der Waals surface area (Å²) in [5.74, 6) is 0.868. The highest BCUT2D eigenvalue weighted by atomic mass is 19.4. The van der Waals surface area contributed by atoms with E-state index in [1.165, 1.54) is 23.1 Å². The van der Waals surface area contributed by atoms with Crippen molar-refractivity contribution >= 4 is 46.9 Å². The van der Waals surface area contributed by atoms with E-state index in [0.29, 0.717) is 60.1 Å². The van der Waals surface area contributed by atoms with Gasteiger partial charge in [0.1, 0.15) is 17.0 Å². The molecule has 1 amide bonds. The summed E-state index contributed by atoms with van der Waals surface area (Å²) in [5, 5.41) is 30.1. The lowest BCUT2D eigenvalue weighted by Gasteiger charge is -2.33. The van der Waals surface area contributed by atoms with Gasteiger partial charge in [-0.15, -0.1) is 0 Å². The van der Waals surface area contributed by atoms with E-state index in [1.807, 2.05) is 65.0 Å². The van der Waals surface area contributed by atoms with Gasteiger partial charge in [0.05, 0.1) is 12.3 Å². The Kier molecular flexibility index (Phi) is 12.9. The number of likely N-dealkylation sites (tertiary alicyclic amines) is 1. The maximum atomic E-state index is 14.1. The number of benzene rings is 3. The maximum Gasteiger partial charge on any atom is 0.433 e. The first-order valence-electron chi connectivity index (χ1n) is 20.2. The second-order valence-corrected chi connectivity index (χ2v) is 16.1. The molecular weight excluding hydrogens is 818 g/mol. The smallest absolute Gasteiger partial charge is 0.433 e. The lowest BCUT2D eigenvalue weighted by molar-refractivity contribution is -0.141. The number of para-hydroxylation sites is 1. The van der Waals surface area contributed by atoms with Gasteiger partial charge in [0.25, 0.3) is 0 Å². The number of aliphatic hydroxyl groups excluding tert-OH is 1. The summed E-state index contributed by atoms with van der Waals surface area (Å²) in [6.07, 6.45) is -2.81. The molecule has 63 heavy (non-hydrogen) atoms. The summed E-state index contributed by atoms with van der Waals surface area (Å²) in [6, 6.07) is 22.7. The molecule has 5 N–H and O–H groups in total. The molecule has 328 valence electrons. The van der Waals surface area contributed by atoms with E-state index in [2.05, 4.69) is 35.9 Å². The van der Waals surface area contributed by atoms with Gasteiger partial charge in [0.15, 0.2) is 11.6 Å². The van der Waals surface area contributed by atoms with Crippen LogP contribution >= 0.6 is 0 Å². The van der Waals surface area contributed by atoms with Gasteiger partial charge in [-0.25, -0.2) is 4.79 Å². The number of phenols is 1. The van der Waals surface area contributed by atoms with Crippen LogP contribution in [0.2, 0.25) is 0 Å². The van der Waals surface area contributed by atoms with Gasteiger partial charge < -0.3 is 35.8 Å². The maximum absolute atomic E-state index is 14.1. The van der Waals surface area contributed by atoms with Gasteiger partial charge in [-0.1, -0.05) is 18.2 Å². The SMILES string of the molecule is CC(C)Nc1nc(-c2cc(O)cc(CO)c2)nc(N(c2ccc(-c3nc(Nc4ccccc4)nc(NC4CCN(C(=O)OC(C)(C)C)CC4)n3)cc2)c2ccnc(C(F)(F)F)c2)n1. The van der Waals surface area contributed by atoms with Crippen molar-refractivity contribution in [2.75, 3.05) is 33.9 Å². The number of hydrogen-bond donors (Lipinski definition) is 5. The molecule has 0 atom stereocenters. The number of amides is 1. The quantitative estimate of drug-likeness (QED) is 0.0781. The van der Waals surface area contributed by atoms with Crippen molar-refractivity contribution in [1.82, 2.24) is 39.8 Å². The summed E-state index contributed by atoms with van der Waals surface area (Å²) in [5.41, 5.74) is 0.707. The predicted molar refractivity (Wildman–Crippen MR) is 232 cm³/mol. The molecule has 0 aliphatic carbocycles. The Bertz CT molecular complexity index is 2530. The number of halogens is 3. The lowest BCUT2D eigenvalue weighted by atomic mass is 10.1. The molecule has 19 heteroatoms. The van der Waals surface area contributed by atoms with Crippen molar-refractivity contribution < 1.29 is 32.9 Å². The molecule has 1 aliphatic heterocycles. The topological polar surface area (TPSA) is 200 Å². The molecule has 7 rings (SSSR count). The average molecular weight is 865 g/mol. The predicted octanol–water partition coefficient (Wildman–Crippen LogP) is 8.85. The first kappa shape index (κ1) is 43.9. The number of nitrogens with one attached hydrogen (secondary N) is 3. The summed E-state index contributed by atoms with van der Waals surface area (Å²) in [7, 11) is 0. The van der Waals surface area contributed by atoms with Crippen LogP contribution in [0.25, 0.3) is 22.8 Å². The van der Waals surface area contributed by atoms with E-state index in [9.17, 15) is 28.2 Å². The molecule has 0 unspecified atom stereocenters. The Morgan fingerprint density at radius 3 is 2.17 bits per heavy atom. The number of rotatable bonds is 12. The van der Waals surface area contributed by atoms with E-state index in [1.54, 1.807) is 35.2 Å². The Morgan fingerprint density at radius 1 is 0.825 bits per heavy atom. The minimum atomic E-state index is -4.76. The lowest BCUT2D eigenvalue weighted by Crippen LogP contribution is -2.44. The van der Waals surface area contributed by atoms with Crippen LogP contribution in [0.1, 0.15) is 58.7 Å². The number of nitrogens with zero attached hydrogens (tertiary/aromatic N) is 9. The number of aromatic nitrogens is 7. The molecule has 0 spiro atoms. The van der Waals surface area contributed by atoms with E-state index in [-0.39, 0.29) is 59.9 Å². The highest BCUT2D eigenvalue weighted by Gasteiger charge is 2.34. The Morgan fingerprint density at radius 2 is 1.51 bits per heavy atom. The normalized spacial score (nSPS) is 13.5. The zero-order valence-corrected chi connectivity index (χ0v) is 35.2. The fourth-order valence-corrected chi connectivity index (χ4v) is 6.66. The van der Waals surface area contributed by atoms with Crippen LogP contribution in [-0.4, -0.2) is 86.9 Å². The molecule has 0 bridgehead atoms. The van der Waals surface area contributed by atoms with Crippen LogP contribution in [-0.2, 0) is 17.5 Å². The molecule has 1 aliphatic rings. The van der Waals surface area contributed by atoms with Crippen molar-refractivity contribution in [3.05, 3.63) is 102 Å². The van der Waals surface area contributed by atoms with E-state index in [0.717, 1.165) is 18.0 Å². The third-order valence-corrected chi connectivity index (χ3v) is 9.48. The fraction of sp³-hybridized carbons (Fsp3) is 0.318. The molecule has 1 saturated heterocycles. The number of piperidine rings is 1. The molecule has 0 saturated carbocycles. The van der Waals surface area contributed by atoms with Gasteiger partial charge in [0, 0.05) is 53.9 Å². The molecule has 0 radical (unpaired) electrons. The van der Waals surface area contributed by atoms with Gasteiger partial charge in [0.2, 0.25) is 23.8 Å². The minimum absolute atomic E-state index is 0.0448.